The fourth-order valence-corrected chi connectivity index (χ4v) is 1.46. The van der Waals surface area contributed by atoms with Crippen LogP contribution in [0.15, 0.2) is 0 Å². The summed E-state index contributed by atoms with van der Waals surface area (Å²) < 4.78 is 10.0. The molecule has 3 heteroatoms. The molecule has 16 heavy (non-hydrogen) atoms. The van der Waals surface area contributed by atoms with Crippen molar-refractivity contribution in [2.45, 2.75) is 58.7 Å². The van der Waals surface area contributed by atoms with Crippen LogP contribution in [0.1, 0.15) is 52.9 Å². The quantitative estimate of drug-likeness (QED) is 0.529. The zero-order valence-corrected chi connectivity index (χ0v) is 10.3. The first-order valence-corrected chi connectivity index (χ1v) is 6.00. The van der Waals surface area contributed by atoms with E-state index in [1.165, 1.54) is 0 Å². The Morgan fingerprint density at radius 3 is 2.56 bits per heavy atom. The average Bonchev–Trinajstić information content (AvgIpc) is 2.18. The number of ether oxygens (including phenoxy) is 2. The summed E-state index contributed by atoms with van der Waals surface area (Å²) in [5, 5.41) is 0. The van der Waals surface area contributed by atoms with E-state index in [1.807, 2.05) is 0 Å². The van der Waals surface area contributed by atoms with E-state index in [4.69, 9.17) is 9.47 Å². The van der Waals surface area contributed by atoms with Gasteiger partial charge in [0, 0.05) is 12.8 Å². The molecule has 0 saturated carbocycles. The molecule has 90 valence electrons. The zero-order chi connectivity index (χ0) is 12.0. The van der Waals surface area contributed by atoms with Gasteiger partial charge < -0.3 is 9.47 Å². The molecule has 0 aromatic rings. The first kappa shape index (κ1) is 12.9. The fraction of sp³-hybridized carbons (Fsp3) is 0.769. The Bertz CT molecular complexity index is 288. The SMILES string of the molecule is CCCCC1(C#CCCC(C)C)OC(=O)O1. The summed E-state index contributed by atoms with van der Waals surface area (Å²) in [7, 11) is 0. The Balaban J connectivity index is 2.41. The molecular formula is C13H20O3. The number of cyclic esters (lactones) is 2. The monoisotopic (exact) mass is 224 g/mol. The molecule has 0 spiro atoms. The Labute approximate surface area is 97.5 Å². The van der Waals surface area contributed by atoms with Crippen LogP contribution in [-0.2, 0) is 9.47 Å². The number of unbranched alkanes of at least 4 members (excludes halogenated alkanes) is 1. The molecule has 0 atom stereocenters. The standard InChI is InChI=1S/C13H20O3/c1-4-5-9-13(15-12(14)16-13)10-7-6-8-11(2)3/h11H,4-6,8-9H2,1-3H3. The molecule has 1 fully saturated rings. The van der Waals surface area contributed by atoms with Gasteiger partial charge in [0.25, 0.3) is 0 Å². The number of hydrogen-bond acceptors (Lipinski definition) is 3. The molecule has 0 unspecified atom stereocenters. The molecule has 0 aliphatic carbocycles. The van der Waals surface area contributed by atoms with Gasteiger partial charge in [-0.05, 0) is 24.7 Å². The van der Waals surface area contributed by atoms with Crippen LogP contribution in [0.2, 0.25) is 0 Å². The summed E-state index contributed by atoms with van der Waals surface area (Å²) in [5.74, 6) is 5.69. The highest BCUT2D eigenvalue weighted by Crippen LogP contribution is 2.30. The van der Waals surface area contributed by atoms with Crippen LogP contribution in [-0.4, -0.2) is 11.9 Å². The van der Waals surface area contributed by atoms with E-state index in [-0.39, 0.29) is 0 Å². The lowest BCUT2D eigenvalue weighted by atomic mass is 10.1. The summed E-state index contributed by atoms with van der Waals surface area (Å²) >= 11 is 0. The molecule has 0 N–H and O–H groups in total. The van der Waals surface area contributed by atoms with Crippen LogP contribution < -0.4 is 0 Å². The van der Waals surface area contributed by atoms with Crippen molar-refractivity contribution in [2.24, 2.45) is 5.92 Å². The smallest absolute Gasteiger partial charge is 0.379 e. The maximum atomic E-state index is 10.7. The third kappa shape index (κ3) is 3.77. The van der Waals surface area contributed by atoms with Gasteiger partial charge >= 0.3 is 11.9 Å². The largest absolute Gasteiger partial charge is 0.516 e. The molecule has 1 aliphatic rings. The topological polar surface area (TPSA) is 35.5 Å². The highest BCUT2D eigenvalue weighted by Gasteiger charge is 2.46. The van der Waals surface area contributed by atoms with Crippen molar-refractivity contribution in [1.29, 1.82) is 0 Å². The van der Waals surface area contributed by atoms with Crippen molar-refractivity contribution in [3.63, 3.8) is 0 Å². The molecule has 0 radical (unpaired) electrons. The van der Waals surface area contributed by atoms with Crippen molar-refractivity contribution >= 4 is 6.16 Å². The molecule has 1 heterocycles. The lowest BCUT2D eigenvalue weighted by Crippen LogP contribution is -2.49. The summed E-state index contributed by atoms with van der Waals surface area (Å²) in [4.78, 5) is 10.7. The first-order chi connectivity index (χ1) is 7.58. The Morgan fingerprint density at radius 2 is 2.06 bits per heavy atom. The van der Waals surface area contributed by atoms with Crippen LogP contribution in [0.25, 0.3) is 0 Å². The Hall–Kier alpha value is -1.17. The summed E-state index contributed by atoms with van der Waals surface area (Å²) in [6.07, 6.45) is 3.94. The molecule has 1 aliphatic heterocycles. The van der Waals surface area contributed by atoms with Gasteiger partial charge in [0.15, 0.2) is 0 Å². The van der Waals surface area contributed by atoms with Gasteiger partial charge in [-0.2, -0.15) is 0 Å². The van der Waals surface area contributed by atoms with Crippen molar-refractivity contribution in [1.82, 2.24) is 0 Å². The molecule has 1 saturated heterocycles. The summed E-state index contributed by atoms with van der Waals surface area (Å²) in [6, 6.07) is 0. The van der Waals surface area contributed by atoms with Crippen molar-refractivity contribution < 1.29 is 14.3 Å². The van der Waals surface area contributed by atoms with Crippen LogP contribution in [0.3, 0.4) is 0 Å². The Kier molecular flexibility index (Phi) is 4.67. The molecular weight excluding hydrogens is 204 g/mol. The van der Waals surface area contributed by atoms with E-state index in [9.17, 15) is 4.79 Å². The fourth-order valence-electron chi connectivity index (χ4n) is 1.46. The molecule has 0 bridgehead atoms. The Morgan fingerprint density at radius 1 is 1.38 bits per heavy atom. The second-order valence-corrected chi connectivity index (χ2v) is 4.54. The molecule has 0 aromatic heterocycles. The van der Waals surface area contributed by atoms with Gasteiger partial charge in [-0.3, -0.25) is 0 Å². The van der Waals surface area contributed by atoms with Gasteiger partial charge in [0.2, 0.25) is 0 Å². The van der Waals surface area contributed by atoms with Crippen molar-refractivity contribution in [2.75, 3.05) is 0 Å². The van der Waals surface area contributed by atoms with Gasteiger partial charge in [0.1, 0.15) is 0 Å². The molecule has 3 nitrogen and oxygen atoms in total. The van der Waals surface area contributed by atoms with Gasteiger partial charge in [-0.1, -0.05) is 33.1 Å². The van der Waals surface area contributed by atoms with Crippen LogP contribution in [0, 0.1) is 17.8 Å². The minimum atomic E-state index is -0.927. The highest BCUT2D eigenvalue weighted by molar-refractivity contribution is 5.67. The second-order valence-electron chi connectivity index (χ2n) is 4.54. The molecule has 0 aromatic carbocycles. The number of hydrogen-bond donors (Lipinski definition) is 0. The first-order valence-electron chi connectivity index (χ1n) is 6.00. The third-order valence-corrected chi connectivity index (χ3v) is 2.48. The van der Waals surface area contributed by atoms with E-state index in [2.05, 4.69) is 32.6 Å². The van der Waals surface area contributed by atoms with Crippen molar-refractivity contribution in [3.8, 4) is 11.8 Å². The lowest BCUT2D eigenvalue weighted by Gasteiger charge is -2.35. The van der Waals surface area contributed by atoms with E-state index in [0.29, 0.717) is 12.3 Å². The number of rotatable bonds is 5. The lowest BCUT2D eigenvalue weighted by molar-refractivity contribution is -0.237. The maximum Gasteiger partial charge on any atom is 0.516 e. The van der Waals surface area contributed by atoms with E-state index in [1.54, 1.807) is 0 Å². The van der Waals surface area contributed by atoms with Crippen molar-refractivity contribution in [3.05, 3.63) is 0 Å². The second kappa shape index (κ2) is 5.79. The average molecular weight is 224 g/mol. The van der Waals surface area contributed by atoms with Gasteiger partial charge in [-0.15, -0.1) is 0 Å². The minimum absolute atomic E-state index is 0.603. The maximum absolute atomic E-state index is 10.7. The summed E-state index contributed by atoms with van der Waals surface area (Å²) in [5.41, 5.74) is 0. The predicted molar refractivity (Wildman–Crippen MR) is 61.7 cm³/mol. The van der Waals surface area contributed by atoms with Crippen LogP contribution in [0.5, 0.6) is 0 Å². The van der Waals surface area contributed by atoms with E-state index >= 15 is 0 Å². The van der Waals surface area contributed by atoms with Crippen LogP contribution >= 0.6 is 0 Å². The normalized spacial score (nSPS) is 16.9. The minimum Gasteiger partial charge on any atom is -0.379 e. The highest BCUT2D eigenvalue weighted by atomic mass is 16.9. The van der Waals surface area contributed by atoms with Crippen LogP contribution in [0.4, 0.5) is 4.79 Å². The van der Waals surface area contributed by atoms with Gasteiger partial charge in [-0.25, -0.2) is 4.79 Å². The van der Waals surface area contributed by atoms with E-state index < -0.39 is 11.9 Å². The van der Waals surface area contributed by atoms with Gasteiger partial charge in [0.05, 0.1) is 0 Å². The number of carbonyl (C=O) groups excluding carboxylic acids is 1. The number of carbonyl (C=O) groups is 1. The molecule has 0 amide bonds. The zero-order valence-electron chi connectivity index (χ0n) is 10.3. The third-order valence-electron chi connectivity index (χ3n) is 2.48. The predicted octanol–water partition coefficient (Wildman–Crippen LogP) is 3.48. The summed E-state index contributed by atoms with van der Waals surface area (Å²) in [6.45, 7) is 6.41. The molecule has 1 rings (SSSR count). The van der Waals surface area contributed by atoms with E-state index in [0.717, 1.165) is 25.7 Å².